The quantitative estimate of drug-likeness (QED) is 0.798. The van der Waals surface area contributed by atoms with Crippen molar-refractivity contribution in [2.75, 3.05) is 17.2 Å². The molecule has 0 aliphatic rings. The Hall–Kier alpha value is -2.93. The van der Waals surface area contributed by atoms with Crippen molar-refractivity contribution in [3.8, 4) is 0 Å². The van der Waals surface area contributed by atoms with Crippen molar-refractivity contribution in [1.82, 2.24) is 0 Å². The molecule has 2 rings (SSSR count). The van der Waals surface area contributed by atoms with E-state index in [1.54, 1.807) is 0 Å². The van der Waals surface area contributed by atoms with E-state index in [2.05, 4.69) is 10.6 Å². The van der Waals surface area contributed by atoms with Crippen LogP contribution in [0.4, 0.5) is 15.8 Å². The van der Waals surface area contributed by atoms with E-state index in [-0.39, 0.29) is 22.2 Å². The van der Waals surface area contributed by atoms with E-state index in [1.807, 2.05) is 0 Å². The number of hydrogen-bond donors (Lipinski definition) is 2. The number of rotatable bonds is 5. The molecule has 0 radical (unpaired) electrons. The highest BCUT2D eigenvalue weighted by molar-refractivity contribution is 6.30. The Morgan fingerprint density at radius 3 is 2.36 bits per heavy atom. The van der Waals surface area contributed by atoms with Crippen molar-refractivity contribution in [3.05, 3.63) is 58.9 Å². The average Bonchev–Trinajstić information content (AvgIpc) is 2.55. The summed E-state index contributed by atoms with van der Waals surface area (Å²) in [6.45, 7) is 0.790. The Balaban J connectivity index is 1.88. The van der Waals surface area contributed by atoms with Crippen LogP contribution in [0.3, 0.4) is 0 Å². The molecule has 0 heterocycles. The van der Waals surface area contributed by atoms with Crippen LogP contribution in [0.5, 0.6) is 0 Å². The minimum Gasteiger partial charge on any atom is -0.452 e. The van der Waals surface area contributed by atoms with Gasteiger partial charge in [-0.2, -0.15) is 0 Å². The van der Waals surface area contributed by atoms with Gasteiger partial charge < -0.3 is 15.4 Å². The maximum Gasteiger partial charge on any atom is 0.338 e. The number of carbonyl (C=O) groups excluding carboxylic acids is 3. The predicted molar refractivity (Wildman–Crippen MR) is 91.1 cm³/mol. The first-order valence-corrected chi connectivity index (χ1v) is 7.52. The molecule has 0 atom stereocenters. The van der Waals surface area contributed by atoms with Gasteiger partial charge >= 0.3 is 5.97 Å². The Bertz CT molecular complexity index is 809. The highest BCUT2D eigenvalue weighted by Gasteiger charge is 2.12. The normalized spacial score (nSPS) is 10.0. The number of halogens is 2. The summed E-state index contributed by atoms with van der Waals surface area (Å²) in [7, 11) is 0. The summed E-state index contributed by atoms with van der Waals surface area (Å²) < 4.78 is 18.4. The molecule has 0 aliphatic carbocycles. The lowest BCUT2D eigenvalue weighted by molar-refractivity contribution is -0.119. The van der Waals surface area contributed by atoms with Crippen LogP contribution in [0.15, 0.2) is 42.5 Å². The van der Waals surface area contributed by atoms with Gasteiger partial charge in [0.05, 0.1) is 11.3 Å². The Kier molecular flexibility index (Phi) is 6.08. The summed E-state index contributed by atoms with van der Waals surface area (Å²) in [6, 6.07) is 9.73. The van der Waals surface area contributed by atoms with Gasteiger partial charge in [-0.15, -0.1) is 0 Å². The predicted octanol–water partition coefficient (Wildman–Crippen LogP) is 3.23. The largest absolute Gasteiger partial charge is 0.452 e. The number of amides is 2. The second-order valence-corrected chi connectivity index (χ2v) is 5.44. The van der Waals surface area contributed by atoms with Crippen molar-refractivity contribution >= 4 is 40.8 Å². The number of nitrogens with one attached hydrogen (secondary N) is 2. The van der Waals surface area contributed by atoms with E-state index in [0.717, 1.165) is 6.07 Å². The molecule has 2 amide bonds. The summed E-state index contributed by atoms with van der Waals surface area (Å²) in [4.78, 5) is 34.5. The molecule has 2 aromatic rings. The zero-order chi connectivity index (χ0) is 18.4. The highest BCUT2D eigenvalue weighted by Crippen LogP contribution is 2.18. The molecule has 0 bridgehead atoms. The van der Waals surface area contributed by atoms with Gasteiger partial charge in [-0.1, -0.05) is 11.6 Å². The van der Waals surface area contributed by atoms with Crippen molar-refractivity contribution in [1.29, 1.82) is 0 Å². The molecular formula is C17H14ClFN2O4. The Morgan fingerprint density at radius 1 is 1.08 bits per heavy atom. The molecular weight excluding hydrogens is 351 g/mol. The molecule has 8 heteroatoms. The van der Waals surface area contributed by atoms with Gasteiger partial charge in [0.25, 0.3) is 5.91 Å². The molecule has 130 valence electrons. The van der Waals surface area contributed by atoms with Crippen molar-refractivity contribution in [2.24, 2.45) is 0 Å². The summed E-state index contributed by atoms with van der Waals surface area (Å²) in [6.07, 6.45) is 0. The maximum atomic E-state index is 13.6. The molecule has 0 spiro atoms. The van der Waals surface area contributed by atoms with E-state index in [1.165, 1.54) is 43.3 Å². The molecule has 0 saturated carbocycles. The summed E-state index contributed by atoms with van der Waals surface area (Å²) in [5.41, 5.74) is 0.671. The van der Waals surface area contributed by atoms with Gasteiger partial charge in [-0.3, -0.25) is 9.59 Å². The summed E-state index contributed by atoms with van der Waals surface area (Å²) in [5.74, 6) is -2.34. The molecule has 0 fully saturated rings. The van der Waals surface area contributed by atoms with Crippen molar-refractivity contribution in [2.45, 2.75) is 6.92 Å². The fourth-order valence-electron chi connectivity index (χ4n) is 1.88. The monoisotopic (exact) mass is 364 g/mol. The first-order chi connectivity index (χ1) is 11.8. The van der Waals surface area contributed by atoms with Gasteiger partial charge in [-0.05, 0) is 42.5 Å². The topological polar surface area (TPSA) is 84.5 Å². The lowest BCUT2D eigenvalue weighted by Gasteiger charge is -2.08. The van der Waals surface area contributed by atoms with Crippen LogP contribution in [0.1, 0.15) is 17.3 Å². The van der Waals surface area contributed by atoms with Crippen LogP contribution in [0, 0.1) is 5.82 Å². The van der Waals surface area contributed by atoms with Crippen molar-refractivity contribution in [3.63, 3.8) is 0 Å². The summed E-state index contributed by atoms with van der Waals surface area (Å²) in [5, 5.41) is 5.03. The van der Waals surface area contributed by atoms with Crippen LogP contribution in [-0.2, 0) is 14.3 Å². The van der Waals surface area contributed by atoms with E-state index in [9.17, 15) is 18.8 Å². The molecule has 0 aliphatic heterocycles. The third kappa shape index (κ3) is 5.58. The lowest BCUT2D eigenvalue weighted by atomic mass is 10.2. The SMILES string of the molecule is CC(=O)Nc1ccc(C(=O)OCC(=O)Nc2ccc(Cl)cc2F)cc1. The van der Waals surface area contributed by atoms with Crippen LogP contribution in [0.25, 0.3) is 0 Å². The number of benzene rings is 2. The standard InChI is InChI=1S/C17H14ClFN2O4/c1-10(22)20-13-5-2-11(3-6-13)17(24)25-9-16(23)21-15-7-4-12(18)8-14(15)19/h2-8H,9H2,1H3,(H,20,22)(H,21,23). The lowest BCUT2D eigenvalue weighted by Crippen LogP contribution is -2.21. The molecule has 25 heavy (non-hydrogen) atoms. The molecule has 0 unspecified atom stereocenters. The van der Waals surface area contributed by atoms with Crippen LogP contribution in [-0.4, -0.2) is 24.4 Å². The molecule has 6 nitrogen and oxygen atoms in total. The van der Waals surface area contributed by atoms with Crippen LogP contribution < -0.4 is 10.6 Å². The zero-order valence-corrected chi connectivity index (χ0v) is 13.9. The summed E-state index contributed by atoms with van der Waals surface area (Å²) >= 11 is 5.62. The van der Waals surface area contributed by atoms with E-state index in [4.69, 9.17) is 16.3 Å². The van der Waals surface area contributed by atoms with E-state index in [0.29, 0.717) is 5.69 Å². The molecule has 2 aromatic carbocycles. The molecule has 0 aromatic heterocycles. The first kappa shape index (κ1) is 18.4. The average molecular weight is 365 g/mol. The number of hydrogen-bond acceptors (Lipinski definition) is 4. The fraction of sp³-hybridized carbons (Fsp3) is 0.118. The van der Waals surface area contributed by atoms with Gasteiger partial charge in [0.15, 0.2) is 6.61 Å². The smallest absolute Gasteiger partial charge is 0.338 e. The second-order valence-electron chi connectivity index (χ2n) is 5.01. The van der Waals surface area contributed by atoms with Crippen molar-refractivity contribution < 1.29 is 23.5 Å². The number of ether oxygens (including phenoxy) is 1. The maximum absolute atomic E-state index is 13.6. The minimum absolute atomic E-state index is 0.0647. The van der Waals surface area contributed by atoms with Gasteiger partial charge in [0.2, 0.25) is 5.91 Å². The van der Waals surface area contributed by atoms with Gasteiger partial charge in [-0.25, -0.2) is 9.18 Å². The van der Waals surface area contributed by atoms with E-state index >= 15 is 0 Å². The van der Waals surface area contributed by atoms with E-state index < -0.39 is 24.3 Å². The molecule has 0 saturated heterocycles. The number of esters is 1. The minimum atomic E-state index is -0.721. The zero-order valence-electron chi connectivity index (χ0n) is 13.1. The fourth-order valence-corrected chi connectivity index (χ4v) is 2.04. The number of carbonyl (C=O) groups is 3. The highest BCUT2D eigenvalue weighted by atomic mass is 35.5. The molecule has 2 N–H and O–H groups in total. The Labute approximate surface area is 147 Å². The van der Waals surface area contributed by atoms with Crippen LogP contribution in [0.2, 0.25) is 5.02 Å². The third-order valence-corrected chi connectivity index (χ3v) is 3.22. The van der Waals surface area contributed by atoms with Gasteiger partial charge in [0.1, 0.15) is 5.82 Å². The third-order valence-electron chi connectivity index (χ3n) is 2.98. The first-order valence-electron chi connectivity index (χ1n) is 7.15. The van der Waals surface area contributed by atoms with Gasteiger partial charge in [0, 0.05) is 17.6 Å². The number of anilines is 2. The second kappa shape index (κ2) is 8.25. The van der Waals surface area contributed by atoms with Crippen LogP contribution >= 0.6 is 11.6 Å². The Morgan fingerprint density at radius 2 is 1.76 bits per heavy atom.